The van der Waals surface area contributed by atoms with E-state index in [0.717, 1.165) is 30.8 Å². The molecule has 0 radical (unpaired) electrons. The number of hydrogen-bond acceptors (Lipinski definition) is 4. The summed E-state index contributed by atoms with van der Waals surface area (Å²) in [5.41, 5.74) is 3.71. The van der Waals surface area contributed by atoms with Crippen LogP contribution in [-0.2, 0) is 20.0 Å². The van der Waals surface area contributed by atoms with Crippen LogP contribution in [0.3, 0.4) is 0 Å². The Balaban J connectivity index is 1.77. The van der Waals surface area contributed by atoms with E-state index in [0.29, 0.717) is 6.04 Å². The summed E-state index contributed by atoms with van der Waals surface area (Å²) in [6.07, 6.45) is 8.32. The summed E-state index contributed by atoms with van der Waals surface area (Å²) in [4.78, 5) is 4.24. The molecule has 2 heterocycles. The Morgan fingerprint density at radius 2 is 2.37 bits per heavy atom. The summed E-state index contributed by atoms with van der Waals surface area (Å²) >= 11 is 0. The van der Waals surface area contributed by atoms with Gasteiger partial charge in [0.05, 0.1) is 17.6 Å². The molecule has 0 fully saturated rings. The molecular formula is C14H20N4O. The van der Waals surface area contributed by atoms with Crippen LogP contribution in [-0.4, -0.2) is 14.8 Å². The number of hydrogen-bond donors (Lipinski definition) is 1. The molecule has 1 aliphatic carbocycles. The van der Waals surface area contributed by atoms with E-state index in [-0.39, 0.29) is 0 Å². The van der Waals surface area contributed by atoms with Crippen molar-refractivity contribution < 1.29 is 4.42 Å². The van der Waals surface area contributed by atoms with Crippen molar-refractivity contribution in [3.63, 3.8) is 0 Å². The van der Waals surface area contributed by atoms with Crippen molar-refractivity contribution in [1.29, 1.82) is 0 Å². The van der Waals surface area contributed by atoms with Gasteiger partial charge in [0.2, 0.25) is 0 Å². The third kappa shape index (κ3) is 2.42. The number of aryl methyl sites for hydroxylation is 3. The molecule has 1 aliphatic rings. The lowest BCUT2D eigenvalue weighted by Crippen LogP contribution is -2.24. The van der Waals surface area contributed by atoms with Crippen LogP contribution in [0.15, 0.2) is 17.0 Å². The van der Waals surface area contributed by atoms with Gasteiger partial charge in [-0.25, -0.2) is 4.98 Å². The van der Waals surface area contributed by atoms with Gasteiger partial charge in [-0.15, -0.1) is 0 Å². The molecule has 0 amide bonds. The second-order valence-electron chi connectivity index (χ2n) is 5.21. The summed E-state index contributed by atoms with van der Waals surface area (Å²) in [5.74, 6) is 0.895. The highest BCUT2D eigenvalue weighted by Crippen LogP contribution is 2.28. The highest BCUT2D eigenvalue weighted by atomic mass is 16.3. The first kappa shape index (κ1) is 12.4. The zero-order chi connectivity index (χ0) is 13.2. The Labute approximate surface area is 113 Å². The maximum absolute atomic E-state index is 5.24. The van der Waals surface area contributed by atoms with Crippen LogP contribution in [0.25, 0.3) is 0 Å². The smallest absolute Gasteiger partial charge is 0.181 e. The van der Waals surface area contributed by atoms with Crippen molar-refractivity contribution in [1.82, 2.24) is 20.1 Å². The van der Waals surface area contributed by atoms with E-state index in [9.17, 15) is 0 Å². The van der Waals surface area contributed by atoms with E-state index >= 15 is 0 Å². The molecule has 2 aromatic rings. The van der Waals surface area contributed by atoms with E-state index in [1.54, 1.807) is 0 Å². The molecule has 19 heavy (non-hydrogen) atoms. The van der Waals surface area contributed by atoms with E-state index < -0.39 is 0 Å². The molecule has 3 rings (SSSR count). The largest absolute Gasteiger partial charge is 0.448 e. The summed E-state index contributed by atoms with van der Waals surface area (Å²) < 4.78 is 7.25. The molecule has 1 N–H and O–H groups in total. The predicted octanol–water partition coefficient (Wildman–Crippen LogP) is 2.27. The van der Waals surface area contributed by atoms with Crippen molar-refractivity contribution in [2.45, 2.75) is 45.2 Å². The summed E-state index contributed by atoms with van der Waals surface area (Å²) in [5, 5.41) is 8.00. The maximum atomic E-state index is 5.24. The van der Waals surface area contributed by atoms with E-state index in [1.165, 1.54) is 30.5 Å². The van der Waals surface area contributed by atoms with E-state index in [4.69, 9.17) is 4.42 Å². The molecule has 0 aliphatic heterocycles. The summed E-state index contributed by atoms with van der Waals surface area (Å²) in [6.45, 7) is 2.70. The summed E-state index contributed by atoms with van der Waals surface area (Å²) in [6, 6.07) is 0.362. The normalized spacial score (nSPS) is 19.2. The van der Waals surface area contributed by atoms with Crippen LogP contribution >= 0.6 is 0 Å². The first-order chi connectivity index (χ1) is 9.25. The van der Waals surface area contributed by atoms with Gasteiger partial charge in [-0.3, -0.25) is 4.68 Å². The van der Waals surface area contributed by atoms with Gasteiger partial charge in [-0.2, -0.15) is 5.10 Å². The quantitative estimate of drug-likeness (QED) is 0.860. The van der Waals surface area contributed by atoms with Crippen molar-refractivity contribution in [3.8, 4) is 0 Å². The van der Waals surface area contributed by atoms with Gasteiger partial charge in [-0.05, 0) is 31.7 Å². The van der Waals surface area contributed by atoms with E-state index in [2.05, 4.69) is 15.4 Å². The average molecular weight is 260 g/mol. The third-order valence-corrected chi connectivity index (χ3v) is 3.94. The third-order valence-electron chi connectivity index (χ3n) is 3.94. The van der Waals surface area contributed by atoms with Crippen LogP contribution in [0.5, 0.6) is 0 Å². The van der Waals surface area contributed by atoms with Crippen LogP contribution in [0.4, 0.5) is 0 Å². The second kappa shape index (κ2) is 5.17. The molecule has 0 saturated heterocycles. The molecule has 0 aromatic carbocycles. The number of rotatable bonds is 3. The molecule has 0 saturated carbocycles. The first-order valence-electron chi connectivity index (χ1n) is 6.89. The standard InChI is InChI=1S/C14H20N4O/c1-10-13(16-9-19-10)8-15-12-6-4-3-5-11-7-17-18(2)14(11)12/h7,9,12,15H,3-6,8H2,1-2H3. The fourth-order valence-corrected chi connectivity index (χ4v) is 2.85. The lowest BCUT2D eigenvalue weighted by Gasteiger charge is -2.18. The van der Waals surface area contributed by atoms with Gasteiger partial charge in [-0.1, -0.05) is 6.42 Å². The highest BCUT2D eigenvalue weighted by molar-refractivity contribution is 5.23. The minimum Gasteiger partial charge on any atom is -0.448 e. The minimum absolute atomic E-state index is 0.362. The Morgan fingerprint density at radius 3 is 3.16 bits per heavy atom. The highest BCUT2D eigenvalue weighted by Gasteiger charge is 2.22. The molecule has 5 nitrogen and oxygen atoms in total. The van der Waals surface area contributed by atoms with Gasteiger partial charge in [0.15, 0.2) is 6.39 Å². The molecule has 102 valence electrons. The van der Waals surface area contributed by atoms with Gasteiger partial charge in [0.1, 0.15) is 5.76 Å². The van der Waals surface area contributed by atoms with Crippen LogP contribution < -0.4 is 5.32 Å². The fraction of sp³-hybridized carbons (Fsp3) is 0.571. The van der Waals surface area contributed by atoms with Crippen LogP contribution in [0, 0.1) is 6.92 Å². The van der Waals surface area contributed by atoms with Crippen molar-refractivity contribution in [2.75, 3.05) is 0 Å². The SMILES string of the molecule is Cc1ocnc1CNC1CCCCc2cnn(C)c21. The Bertz CT molecular complexity index is 558. The van der Waals surface area contributed by atoms with Crippen molar-refractivity contribution in [2.24, 2.45) is 7.05 Å². The monoisotopic (exact) mass is 260 g/mol. The van der Waals surface area contributed by atoms with Crippen LogP contribution in [0.1, 0.15) is 48.0 Å². The van der Waals surface area contributed by atoms with Crippen molar-refractivity contribution in [3.05, 3.63) is 35.3 Å². The lowest BCUT2D eigenvalue weighted by molar-refractivity contribution is 0.454. The predicted molar refractivity (Wildman–Crippen MR) is 71.6 cm³/mol. The van der Waals surface area contributed by atoms with E-state index in [1.807, 2.05) is 24.9 Å². The number of nitrogens with zero attached hydrogens (tertiary/aromatic N) is 3. The Morgan fingerprint density at radius 1 is 1.47 bits per heavy atom. The molecule has 1 unspecified atom stereocenters. The Kier molecular flexibility index (Phi) is 3.38. The van der Waals surface area contributed by atoms with Crippen LogP contribution in [0.2, 0.25) is 0 Å². The maximum Gasteiger partial charge on any atom is 0.181 e. The first-order valence-corrected chi connectivity index (χ1v) is 6.89. The molecule has 2 aromatic heterocycles. The number of oxazole rings is 1. The molecule has 5 heteroatoms. The molecular weight excluding hydrogens is 240 g/mol. The zero-order valence-electron chi connectivity index (χ0n) is 11.5. The van der Waals surface area contributed by atoms with Crippen molar-refractivity contribution >= 4 is 0 Å². The average Bonchev–Trinajstić information content (AvgIpc) is 2.90. The van der Waals surface area contributed by atoms with Gasteiger partial charge in [0.25, 0.3) is 0 Å². The lowest BCUT2D eigenvalue weighted by atomic mass is 10.1. The number of nitrogens with one attached hydrogen (secondary N) is 1. The zero-order valence-corrected chi connectivity index (χ0v) is 11.5. The second-order valence-corrected chi connectivity index (χ2v) is 5.21. The van der Waals surface area contributed by atoms with Gasteiger partial charge < -0.3 is 9.73 Å². The topological polar surface area (TPSA) is 55.9 Å². The number of fused-ring (bicyclic) bond motifs is 1. The molecule has 0 spiro atoms. The molecule has 1 atom stereocenters. The fourth-order valence-electron chi connectivity index (χ4n) is 2.85. The minimum atomic E-state index is 0.362. The number of aromatic nitrogens is 3. The van der Waals surface area contributed by atoms with Gasteiger partial charge in [0, 0.05) is 19.6 Å². The van der Waals surface area contributed by atoms with Gasteiger partial charge >= 0.3 is 0 Å². The Hall–Kier alpha value is -1.62. The summed E-state index contributed by atoms with van der Waals surface area (Å²) in [7, 11) is 2.03. The molecule has 0 bridgehead atoms.